The van der Waals surface area contributed by atoms with E-state index in [-0.39, 0.29) is 14.9 Å². The topological polar surface area (TPSA) is 92.7 Å². The van der Waals surface area contributed by atoms with Gasteiger partial charge in [0, 0.05) is 34.7 Å². The van der Waals surface area contributed by atoms with Crippen molar-refractivity contribution >= 4 is 56.5 Å². The molecule has 0 spiro atoms. The van der Waals surface area contributed by atoms with Gasteiger partial charge in [-0.3, -0.25) is 9.10 Å². The van der Waals surface area contributed by atoms with Gasteiger partial charge in [0.2, 0.25) is 5.95 Å². The van der Waals surface area contributed by atoms with E-state index >= 15 is 0 Å². The summed E-state index contributed by atoms with van der Waals surface area (Å²) in [5.41, 5.74) is 1.32. The highest BCUT2D eigenvalue weighted by Crippen LogP contribution is 2.37. The van der Waals surface area contributed by atoms with Crippen molar-refractivity contribution in [3.8, 4) is 0 Å². The van der Waals surface area contributed by atoms with Crippen LogP contribution in [-0.4, -0.2) is 43.0 Å². The van der Waals surface area contributed by atoms with Crippen molar-refractivity contribution in [2.45, 2.75) is 37.7 Å². The van der Waals surface area contributed by atoms with E-state index in [0.29, 0.717) is 24.6 Å². The fourth-order valence-electron chi connectivity index (χ4n) is 3.79. The molecule has 0 N–H and O–H groups in total. The second-order valence-electron chi connectivity index (χ2n) is 8.97. The van der Waals surface area contributed by atoms with Gasteiger partial charge in [-0.25, -0.2) is 18.4 Å². The van der Waals surface area contributed by atoms with Gasteiger partial charge in [-0.15, -0.1) is 0 Å². The Kier molecular flexibility index (Phi) is 6.95. The Morgan fingerprint density at radius 3 is 2.37 bits per heavy atom. The Balaban J connectivity index is 1.75. The van der Waals surface area contributed by atoms with Crippen molar-refractivity contribution < 1.29 is 17.9 Å². The first-order chi connectivity index (χ1) is 16.4. The van der Waals surface area contributed by atoms with E-state index in [2.05, 4.69) is 9.97 Å². The molecule has 11 heteroatoms. The summed E-state index contributed by atoms with van der Waals surface area (Å²) in [5.74, 6) is -0.125. The summed E-state index contributed by atoms with van der Waals surface area (Å²) in [5, 5.41) is 0.335. The largest absolute Gasteiger partial charge is 0.459 e. The summed E-state index contributed by atoms with van der Waals surface area (Å²) in [6, 6.07) is 11.0. The SMILES string of the molecule is CC(C)(C)OC(=O)CN(c1ccc2c(c1)CCN2c1ncccn1)S(=O)(=O)c1cc(Cl)cc(Cl)c1. The van der Waals surface area contributed by atoms with Crippen molar-refractivity contribution in [1.82, 2.24) is 9.97 Å². The zero-order chi connectivity index (χ0) is 25.4. The summed E-state index contributed by atoms with van der Waals surface area (Å²) < 4.78 is 33.8. The molecule has 1 aliphatic heterocycles. The Morgan fingerprint density at radius 2 is 1.74 bits per heavy atom. The first-order valence-electron chi connectivity index (χ1n) is 10.8. The van der Waals surface area contributed by atoms with Gasteiger partial charge in [0.05, 0.1) is 10.6 Å². The smallest absolute Gasteiger partial charge is 0.327 e. The van der Waals surface area contributed by atoms with Crippen molar-refractivity contribution in [2.24, 2.45) is 0 Å². The molecule has 0 aliphatic carbocycles. The molecule has 0 atom stereocenters. The highest BCUT2D eigenvalue weighted by atomic mass is 35.5. The van der Waals surface area contributed by atoms with E-state index in [1.165, 1.54) is 18.2 Å². The van der Waals surface area contributed by atoms with Gasteiger partial charge >= 0.3 is 5.97 Å². The lowest BCUT2D eigenvalue weighted by molar-refractivity contribution is -0.152. The Hall–Kier alpha value is -2.88. The summed E-state index contributed by atoms with van der Waals surface area (Å²) in [4.78, 5) is 23.2. The quantitative estimate of drug-likeness (QED) is 0.410. The fraction of sp³-hybridized carbons (Fsp3) is 0.292. The van der Waals surface area contributed by atoms with Gasteiger partial charge in [-0.2, -0.15) is 0 Å². The molecule has 8 nitrogen and oxygen atoms in total. The first-order valence-corrected chi connectivity index (χ1v) is 13.0. The fourth-order valence-corrected chi connectivity index (χ4v) is 5.92. The molecule has 1 aliphatic rings. The van der Waals surface area contributed by atoms with Gasteiger partial charge in [0.25, 0.3) is 10.0 Å². The van der Waals surface area contributed by atoms with Crippen molar-refractivity contribution in [3.63, 3.8) is 0 Å². The van der Waals surface area contributed by atoms with Crippen LogP contribution in [0.1, 0.15) is 26.3 Å². The number of carbonyl (C=O) groups is 1. The Labute approximate surface area is 214 Å². The number of ether oxygens (including phenoxy) is 1. The third-order valence-corrected chi connectivity index (χ3v) is 7.35. The second-order valence-corrected chi connectivity index (χ2v) is 11.7. The number of anilines is 3. The number of aromatic nitrogens is 2. The number of fused-ring (bicyclic) bond motifs is 1. The third kappa shape index (κ3) is 5.69. The molecule has 0 bridgehead atoms. The van der Waals surface area contributed by atoms with Gasteiger partial charge < -0.3 is 9.64 Å². The molecule has 4 rings (SSSR count). The van der Waals surface area contributed by atoms with Crippen LogP contribution in [0.3, 0.4) is 0 Å². The normalized spacial score (nSPS) is 13.5. The van der Waals surface area contributed by atoms with Crippen LogP contribution in [0.15, 0.2) is 59.8 Å². The number of sulfonamides is 1. The molecule has 184 valence electrons. The number of rotatable bonds is 6. The van der Waals surface area contributed by atoms with E-state index in [0.717, 1.165) is 15.6 Å². The van der Waals surface area contributed by atoms with Crippen LogP contribution in [0.2, 0.25) is 10.0 Å². The summed E-state index contributed by atoms with van der Waals surface area (Å²) >= 11 is 12.1. The van der Waals surface area contributed by atoms with Crippen molar-refractivity contribution in [2.75, 3.05) is 22.3 Å². The van der Waals surface area contributed by atoms with Crippen LogP contribution in [0.5, 0.6) is 0 Å². The highest BCUT2D eigenvalue weighted by Gasteiger charge is 2.31. The lowest BCUT2D eigenvalue weighted by Gasteiger charge is -2.27. The summed E-state index contributed by atoms with van der Waals surface area (Å²) in [6.45, 7) is 5.28. The minimum absolute atomic E-state index is 0.127. The number of esters is 1. The average Bonchev–Trinajstić information content (AvgIpc) is 3.19. The molecular formula is C24H24Cl2N4O4S. The van der Waals surface area contributed by atoms with Crippen LogP contribution >= 0.6 is 23.2 Å². The van der Waals surface area contributed by atoms with Gasteiger partial charge in [0.1, 0.15) is 12.1 Å². The van der Waals surface area contributed by atoms with Crippen LogP contribution in [0, 0.1) is 0 Å². The number of hydrogen-bond acceptors (Lipinski definition) is 7. The van der Waals surface area contributed by atoms with Crippen LogP contribution < -0.4 is 9.21 Å². The van der Waals surface area contributed by atoms with E-state index in [4.69, 9.17) is 27.9 Å². The second kappa shape index (κ2) is 9.64. The Bertz CT molecular complexity index is 1340. The number of hydrogen-bond donors (Lipinski definition) is 0. The monoisotopic (exact) mass is 534 g/mol. The number of benzene rings is 2. The number of carbonyl (C=O) groups excluding carboxylic acids is 1. The van der Waals surface area contributed by atoms with E-state index < -0.39 is 28.1 Å². The molecular weight excluding hydrogens is 511 g/mol. The lowest BCUT2D eigenvalue weighted by Crippen LogP contribution is -2.39. The molecule has 0 fully saturated rings. The van der Waals surface area contributed by atoms with Crippen LogP contribution in [0.4, 0.5) is 17.3 Å². The molecule has 1 aromatic heterocycles. The molecule has 0 unspecified atom stereocenters. The zero-order valence-electron chi connectivity index (χ0n) is 19.4. The maximum atomic E-state index is 13.7. The summed E-state index contributed by atoms with van der Waals surface area (Å²) in [7, 11) is -4.21. The third-order valence-electron chi connectivity index (χ3n) is 5.16. The predicted octanol–water partition coefficient (Wildman–Crippen LogP) is 5.01. The highest BCUT2D eigenvalue weighted by molar-refractivity contribution is 7.92. The molecule has 0 amide bonds. The van der Waals surface area contributed by atoms with E-state index in [1.807, 2.05) is 4.90 Å². The molecule has 0 saturated heterocycles. The van der Waals surface area contributed by atoms with Crippen molar-refractivity contribution in [1.29, 1.82) is 0 Å². The minimum Gasteiger partial charge on any atom is -0.459 e. The zero-order valence-corrected chi connectivity index (χ0v) is 21.7. The molecule has 2 aromatic carbocycles. The van der Waals surface area contributed by atoms with E-state index in [9.17, 15) is 13.2 Å². The standard InChI is InChI=1S/C24H24Cl2N4O4S/c1-24(2,3)34-22(31)15-30(35(32,33)20-13-17(25)12-18(26)14-20)19-5-6-21-16(11-19)7-10-29(21)23-27-8-4-9-28-23/h4-6,8-9,11-14H,7,10,15H2,1-3H3. The molecule has 2 heterocycles. The number of nitrogens with zero attached hydrogens (tertiary/aromatic N) is 4. The number of halogens is 2. The maximum Gasteiger partial charge on any atom is 0.327 e. The maximum absolute atomic E-state index is 13.7. The van der Waals surface area contributed by atoms with Crippen LogP contribution in [0.25, 0.3) is 0 Å². The van der Waals surface area contributed by atoms with E-state index in [1.54, 1.807) is 57.4 Å². The molecule has 35 heavy (non-hydrogen) atoms. The van der Waals surface area contributed by atoms with Crippen LogP contribution in [-0.2, 0) is 26.0 Å². The molecule has 3 aromatic rings. The van der Waals surface area contributed by atoms with Gasteiger partial charge in [0.15, 0.2) is 0 Å². The average molecular weight is 535 g/mol. The molecule has 0 radical (unpaired) electrons. The van der Waals surface area contributed by atoms with Gasteiger partial charge in [-0.1, -0.05) is 23.2 Å². The van der Waals surface area contributed by atoms with Crippen molar-refractivity contribution in [3.05, 3.63) is 70.5 Å². The Morgan fingerprint density at radius 1 is 1.09 bits per heavy atom. The predicted molar refractivity (Wildman–Crippen MR) is 136 cm³/mol. The lowest BCUT2D eigenvalue weighted by atomic mass is 10.1. The minimum atomic E-state index is -4.21. The summed E-state index contributed by atoms with van der Waals surface area (Å²) in [6.07, 6.45) is 3.99. The first kappa shape index (κ1) is 25.2. The van der Waals surface area contributed by atoms with Gasteiger partial charge in [-0.05, 0) is 75.2 Å². The molecule has 0 saturated carbocycles.